The van der Waals surface area contributed by atoms with Gasteiger partial charge in [0, 0.05) is 33.0 Å². The summed E-state index contributed by atoms with van der Waals surface area (Å²) in [5.74, 6) is -0.690. The highest BCUT2D eigenvalue weighted by Crippen LogP contribution is 2.35. The van der Waals surface area contributed by atoms with Crippen molar-refractivity contribution in [3.63, 3.8) is 0 Å². The third kappa shape index (κ3) is 17.4. The van der Waals surface area contributed by atoms with Gasteiger partial charge in [-0.25, -0.2) is 4.98 Å². The highest BCUT2D eigenvalue weighted by atomic mass is 32.1. The number of amides is 4. The molecule has 1 aliphatic heterocycles. The molecule has 16 heteroatoms. The Morgan fingerprint density at radius 2 is 1.34 bits per heavy atom. The standard InChI is InChI=1S/C58H73N5O10S/c1-6-50(44-13-9-7-10-14-44)54(45-15-11-8-12-16-45)46-21-23-49(24-22-46)73-30-27-62(5)53(66)26-29-70-32-34-72-36-35-71-33-31-69-28-25-52(65)61-55(41(2)3)58(68)63-39-48(64)37-51(63)57(67)59-38-43-17-19-47(20-18-43)56-42(4)60-40-74-56/h7-24,40-41,48,51,55,64H,6,25-39H2,1-5H3,(H,59,67)(H,61,65)/b54-50-/t48-,51+,55+/m1/s1. The zero-order valence-electron chi connectivity index (χ0n) is 43.5. The quantitative estimate of drug-likeness (QED) is 0.0305. The van der Waals surface area contributed by atoms with Gasteiger partial charge < -0.3 is 49.2 Å². The number of carbonyl (C=O) groups excluding carboxylic acids is 4. The second-order valence-corrected chi connectivity index (χ2v) is 19.3. The van der Waals surface area contributed by atoms with E-state index in [1.54, 1.807) is 23.3 Å². The maximum atomic E-state index is 13.8. The number of hydrogen-bond donors (Lipinski definition) is 3. The summed E-state index contributed by atoms with van der Waals surface area (Å²) >= 11 is 1.57. The van der Waals surface area contributed by atoms with Crippen LogP contribution in [0.1, 0.15) is 74.4 Å². The van der Waals surface area contributed by atoms with Crippen LogP contribution in [0.25, 0.3) is 21.6 Å². The third-order valence-electron chi connectivity index (χ3n) is 12.7. The van der Waals surface area contributed by atoms with Crippen molar-refractivity contribution in [2.45, 2.75) is 78.1 Å². The highest BCUT2D eigenvalue weighted by Gasteiger charge is 2.42. The lowest BCUT2D eigenvalue weighted by molar-refractivity contribution is -0.142. The van der Waals surface area contributed by atoms with Crippen LogP contribution >= 0.6 is 11.3 Å². The molecule has 3 atom stereocenters. The molecule has 0 radical (unpaired) electrons. The molecule has 0 bridgehead atoms. The maximum Gasteiger partial charge on any atom is 0.246 e. The number of thiazole rings is 1. The summed E-state index contributed by atoms with van der Waals surface area (Å²) in [6.07, 6.45) is 0.424. The zero-order chi connectivity index (χ0) is 52.7. The van der Waals surface area contributed by atoms with E-state index in [0.717, 1.165) is 45.0 Å². The van der Waals surface area contributed by atoms with Gasteiger partial charge in [-0.2, -0.15) is 0 Å². The predicted molar refractivity (Wildman–Crippen MR) is 288 cm³/mol. The van der Waals surface area contributed by atoms with Gasteiger partial charge in [0.1, 0.15) is 24.4 Å². The largest absolute Gasteiger partial charge is 0.492 e. The number of aryl methyl sites for hydroxylation is 1. The molecule has 1 fully saturated rings. The minimum atomic E-state index is -0.880. The fourth-order valence-electron chi connectivity index (χ4n) is 8.61. The van der Waals surface area contributed by atoms with Gasteiger partial charge in [0.15, 0.2) is 0 Å². The first-order valence-corrected chi connectivity index (χ1v) is 26.5. The Morgan fingerprint density at radius 3 is 1.92 bits per heavy atom. The number of nitrogens with zero attached hydrogens (tertiary/aromatic N) is 3. The average Bonchev–Trinajstić information content (AvgIpc) is 4.04. The van der Waals surface area contributed by atoms with Crippen molar-refractivity contribution >= 4 is 46.1 Å². The molecular weight excluding hydrogens is 959 g/mol. The topological polar surface area (TPSA) is 178 Å². The maximum absolute atomic E-state index is 13.8. The van der Waals surface area contributed by atoms with Gasteiger partial charge in [0.25, 0.3) is 0 Å². The van der Waals surface area contributed by atoms with Crippen LogP contribution in [0.5, 0.6) is 5.75 Å². The van der Waals surface area contributed by atoms with Crippen LogP contribution in [0.4, 0.5) is 0 Å². The van der Waals surface area contributed by atoms with Crippen molar-refractivity contribution in [2.24, 2.45) is 5.92 Å². The Labute approximate surface area is 440 Å². The van der Waals surface area contributed by atoms with Crippen LogP contribution in [-0.4, -0.2) is 141 Å². The van der Waals surface area contributed by atoms with Crippen LogP contribution < -0.4 is 15.4 Å². The molecule has 5 aromatic rings. The Kier molecular flexibility index (Phi) is 23.3. The third-order valence-corrected chi connectivity index (χ3v) is 13.7. The molecule has 1 aliphatic rings. The number of benzene rings is 4. The lowest BCUT2D eigenvalue weighted by atomic mass is 9.88. The molecule has 6 rings (SSSR count). The fraction of sp³-hybridized carbons (Fsp3) is 0.431. The molecule has 0 spiro atoms. The number of aromatic nitrogens is 1. The number of rotatable bonds is 30. The lowest BCUT2D eigenvalue weighted by Gasteiger charge is -2.30. The molecule has 1 aromatic heterocycles. The Bertz CT molecular complexity index is 2540. The second kappa shape index (κ2) is 30.2. The number of allylic oxidation sites excluding steroid dienone is 1. The Morgan fingerprint density at radius 1 is 0.757 bits per heavy atom. The number of likely N-dealkylation sites (N-methyl/N-ethyl adjacent to an activating group) is 1. The van der Waals surface area contributed by atoms with E-state index >= 15 is 0 Å². The van der Waals surface area contributed by atoms with E-state index in [2.05, 4.69) is 83.2 Å². The van der Waals surface area contributed by atoms with Gasteiger partial charge in [-0.1, -0.05) is 118 Å². The summed E-state index contributed by atoms with van der Waals surface area (Å²) in [4.78, 5) is 61.1. The van der Waals surface area contributed by atoms with Gasteiger partial charge in [0.05, 0.1) is 88.0 Å². The number of hydrogen-bond acceptors (Lipinski definition) is 12. The highest BCUT2D eigenvalue weighted by molar-refractivity contribution is 7.13. The Hall–Kier alpha value is -6.27. The van der Waals surface area contributed by atoms with E-state index in [1.165, 1.54) is 21.6 Å². The number of aliphatic hydroxyl groups is 1. The molecule has 0 aliphatic carbocycles. The van der Waals surface area contributed by atoms with Crippen LogP contribution in [-0.2, 0) is 44.7 Å². The second-order valence-electron chi connectivity index (χ2n) is 18.4. The number of aliphatic hydroxyl groups excluding tert-OH is 1. The summed E-state index contributed by atoms with van der Waals surface area (Å²) in [7, 11) is 1.76. The van der Waals surface area contributed by atoms with Crippen LogP contribution in [0, 0.1) is 12.8 Å². The Balaban J connectivity index is 0.773. The van der Waals surface area contributed by atoms with Crippen molar-refractivity contribution in [1.29, 1.82) is 0 Å². The first kappa shape index (κ1) is 57.0. The van der Waals surface area contributed by atoms with Crippen molar-refractivity contribution in [2.75, 3.05) is 79.6 Å². The zero-order valence-corrected chi connectivity index (χ0v) is 44.3. The van der Waals surface area contributed by atoms with Crippen molar-refractivity contribution < 1.29 is 48.0 Å². The molecule has 0 saturated carbocycles. The van der Waals surface area contributed by atoms with Gasteiger partial charge in [0.2, 0.25) is 23.6 Å². The first-order valence-electron chi connectivity index (χ1n) is 25.6. The molecular formula is C58H73N5O10S. The first-order chi connectivity index (χ1) is 35.9. The van der Waals surface area contributed by atoms with Gasteiger partial charge in [-0.05, 0) is 70.4 Å². The number of ether oxygens (including phenoxy) is 5. The summed E-state index contributed by atoms with van der Waals surface area (Å²) in [6, 6.07) is 35.2. The van der Waals surface area contributed by atoms with Crippen molar-refractivity contribution in [3.8, 4) is 16.2 Å². The molecule has 4 amide bonds. The summed E-state index contributed by atoms with van der Waals surface area (Å²) in [5, 5.41) is 16.2. The van der Waals surface area contributed by atoms with E-state index < -0.39 is 24.1 Å². The van der Waals surface area contributed by atoms with Crippen LogP contribution in [0.15, 0.2) is 115 Å². The van der Waals surface area contributed by atoms with E-state index in [0.29, 0.717) is 46.2 Å². The van der Waals surface area contributed by atoms with Crippen molar-refractivity contribution in [3.05, 3.63) is 143 Å². The molecule has 0 unspecified atom stereocenters. The lowest BCUT2D eigenvalue weighted by Crippen LogP contribution is -2.55. The minimum absolute atomic E-state index is 0.00292. The van der Waals surface area contributed by atoms with Gasteiger partial charge in [-0.3, -0.25) is 19.2 Å². The molecule has 74 heavy (non-hydrogen) atoms. The van der Waals surface area contributed by atoms with Crippen LogP contribution in [0.2, 0.25) is 0 Å². The molecule has 2 heterocycles. The van der Waals surface area contributed by atoms with Gasteiger partial charge in [-0.15, -0.1) is 11.3 Å². The average molecular weight is 1030 g/mol. The normalized spacial score (nSPS) is 15.1. The fourth-order valence-corrected chi connectivity index (χ4v) is 9.42. The molecule has 396 valence electrons. The molecule has 15 nitrogen and oxygen atoms in total. The molecule has 3 N–H and O–H groups in total. The number of β-amino-alcohol motifs (C(OH)–C–C–N with tert-alkyl or cyclic N) is 1. The molecule has 4 aromatic carbocycles. The summed E-state index contributed by atoms with van der Waals surface area (Å²) < 4.78 is 28.4. The van der Waals surface area contributed by atoms with E-state index in [9.17, 15) is 24.3 Å². The van der Waals surface area contributed by atoms with E-state index in [-0.39, 0.29) is 75.8 Å². The predicted octanol–water partition coefficient (Wildman–Crippen LogP) is 7.59. The van der Waals surface area contributed by atoms with E-state index in [4.69, 9.17) is 23.7 Å². The van der Waals surface area contributed by atoms with Crippen molar-refractivity contribution in [1.82, 2.24) is 25.4 Å². The monoisotopic (exact) mass is 1030 g/mol. The number of carbonyl (C=O) groups is 4. The van der Waals surface area contributed by atoms with E-state index in [1.807, 2.05) is 74.8 Å². The summed E-state index contributed by atoms with van der Waals surface area (Å²) in [5.41, 5.74) is 10.7. The summed E-state index contributed by atoms with van der Waals surface area (Å²) in [6.45, 7) is 11.3. The van der Waals surface area contributed by atoms with Gasteiger partial charge >= 0.3 is 0 Å². The molecule has 1 saturated heterocycles. The number of nitrogens with one attached hydrogen (secondary N) is 2. The SMILES string of the molecule is CC/C(=C(\c1ccccc1)c1ccc(OCCN(C)C(=O)CCOCCOCCOCCOCCC(=O)N[C@H](C(=O)N2C[C@H](O)C[C@H]2C(=O)NCc2ccc(-c3scnc3C)cc2)C(C)C)cc1)c1ccccc1. The smallest absolute Gasteiger partial charge is 0.246 e. The number of likely N-dealkylation sites (tertiary alicyclic amines) is 1. The van der Waals surface area contributed by atoms with Crippen LogP contribution in [0.3, 0.4) is 0 Å². The minimum Gasteiger partial charge on any atom is -0.492 e.